The van der Waals surface area contributed by atoms with Gasteiger partial charge in [0, 0.05) is 11.1 Å². The van der Waals surface area contributed by atoms with Crippen LogP contribution in [0.25, 0.3) is 0 Å². The molecule has 0 atom stereocenters. The Bertz CT molecular complexity index is 339. The highest BCUT2D eigenvalue weighted by Crippen LogP contribution is 1.99. The van der Waals surface area contributed by atoms with E-state index in [2.05, 4.69) is 0 Å². The van der Waals surface area contributed by atoms with Gasteiger partial charge in [-0.25, -0.2) is 9.59 Å². The molecule has 0 radical (unpaired) electrons. The van der Waals surface area contributed by atoms with E-state index >= 15 is 0 Å². The fourth-order valence-electron chi connectivity index (χ4n) is 1.03. The van der Waals surface area contributed by atoms with E-state index in [0.717, 1.165) is 0 Å². The first-order valence-electron chi connectivity index (χ1n) is 5.89. The normalized spacial score (nSPS) is 12.7. The summed E-state index contributed by atoms with van der Waals surface area (Å²) >= 11 is 0. The number of carbonyl (C=O) groups is 2. The zero-order chi connectivity index (χ0) is 14.0. The van der Waals surface area contributed by atoms with Crippen molar-refractivity contribution in [2.45, 2.75) is 27.7 Å². The Hall–Kier alpha value is -1.84. The molecule has 4 heteroatoms. The van der Waals surface area contributed by atoms with Gasteiger partial charge in [-0.15, -0.1) is 0 Å². The molecule has 18 heavy (non-hydrogen) atoms. The van der Waals surface area contributed by atoms with Crippen LogP contribution < -0.4 is 0 Å². The van der Waals surface area contributed by atoms with Gasteiger partial charge in [0.1, 0.15) is 0 Å². The first-order valence-corrected chi connectivity index (χ1v) is 5.89. The first kappa shape index (κ1) is 16.2. The fraction of sp³-hybridized carbons (Fsp3) is 0.429. The Morgan fingerprint density at radius 3 is 1.44 bits per heavy atom. The SMILES string of the molecule is CCOC(=O)C(C)=CC=CC=C(C)C(=O)OCC. The van der Waals surface area contributed by atoms with Gasteiger partial charge in [0.15, 0.2) is 0 Å². The summed E-state index contributed by atoms with van der Waals surface area (Å²) in [6.45, 7) is 7.57. The maximum Gasteiger partial charge on any atom is 0.333 e. The molecule has 0 aliphatic heterocycles. The van der Waals surface area contributed by atoms with Crippen LogP contribution >= 0.6 is 0 Å². The van der Waals surface area contributed by atoms with Crippen LogP contribution in [0.4, 0.5) is 0 Å². The zero-order valence-corrected chi connectivity index (χ0v) is 11.4. The number of hydrogen-bond donors (Lipinski definition) is 0. The lowest BCUT2D eigenvalue weighted by atomic mass is 10.2. The molecule has 0 amide bonds. The molecule has 0 unspecified atom stereocenters. The Kier molecular flexibility index (Phi) is 8.27. The fourth-order valence-corrected chi connectivity index (χ4v) is 1.03. The molecule has 0 fully saturated rings. The molecule has 0 N–H and O–H groups in total. The van der Waals surface area contributed by atoms with Crippen molar-refractivity contribution in [3.63, 3.8) is 0 Å². The summed E-state index contributed by atoms with van der Waals surface area (Å²) in [5, 5.41) is 0. The van der Waals surface area contributed by atoms with E-state index in [1.165, 1.54) is 0 Å². The summed E-state index contributed by atoms with van der Waals surface area (Å²) < 4.78 is 9.64. The molecule has 0 aromatic rings. The van der Waals surface area contributed by atoms with Crippen LogP contribution in [0.3, 0.4) is 0 Å². The predicted molar refractivity (Wildman–Crippen MR) is 69.9 cm³/mol. The van der Waals surface area contributed by atoms with E-state index in [0.29, 0.717) is 24.4 Å². The van der Waals surface area contributed by atoms with Crippen LogP contribution in [-0.4, -0.2) is 25.2 Å². The smallest absolute Gasteiger partial charge is 0.333 e. The third kappa shape index (κ3) is 6.68. The van der Waals surface area contributed by atoms with E-state index in [-0.39, 0.29) is 11.9 Å². The minimum atomic E-state index is -0.340. The number of ether oxygens (including phenoxy) is 2. The van der Waals surface area contributed by atoms with Gasteiger partial charge in [-0.05, 0) is 27.7 Å². The Balaban J connectivity index is 4.40. The van der Waals surface area contributed by atoms with Crippen molar-refractivity contribution in [1.82, 2.24) is 0 Å². The number of allylic oxidation sites excluding steroid dienone is 4. The van der Waals surface area contributed by atoms with Crippen LogP contribution in [0.2, 0.25) is 0 Å². The van der Waals surface area contributed by atoms with Gasteiger partial charge in [0.05, 0.1) is 13.2 Å². The molecule has 0 rings (SSSR count). The van der Waals surface area contributed by atoms with Crippen molar-refractivity contribution in [2.24, 2.45) is 0 Å². The average molecular weight is 252 g/mol. The molecular weight excluding hydrogens is 232 g/mol. The maximum absolute atomic E-state index is 11.3. The molecule has 0 heterocycles. The van der Waals surface area contributed by atoms with Crippen molar-refractivity contribution in [2.75, 3.05) is 13.2 Å². The standard InChI is InChI=1S/C14H20O4/c1-5-17-13(15)11(3)9-7-8-10-12(4)14(16)18-6-2/h7-10H,5-6H2,1-4H3. The summed E-state index contributed by atoms with van der Waals surface area (Å²) in [5.41, 5.74) is 1.02. The average Bonchev–Trinajstić information content (AvgIpc) is 2.34. The molecule has 0 saturated heterocycles. The lowest BCUT2D eigenvalue weighted by molar-refractivity contribution is -0.139. The zero-order valence-electron chi connectivity index (χ0n) is 11.4. The van der Waals surface area contributed by atoms with Crippen LogP contribution in [0.15, 0.2) is 35.5 Å². The van der Waals surface area contributed by atoms with E-state index in [9.17, 15) is 9.59 Å². The summed E-state index contributed by atoms with van der Waals surface area (Å²) in [7, 11) is 0. The van der Waals surface area contributed by atoms with Crippen molar-refractivity contribution in [3.05, 3.63) is 35.5 Å². The monoisotopic (exact) mass is 252 g/mol. The molecule has 0 bridgehead atoms. The molecule has 0 aromatic carbocycles. The summed E-state index contributed by atoms with van der Waals surface area (Å²) in [6.07, 6.45) is 6.61. The van der Waals surface area contributed by atoms with Gasteiger partial charge < -0.3 is 9.47 Å². The number of hydrogen-bond acceptors (Lipinski definition) is 4. The van der Waals surface area contributed by atoms with Crippen LogP contribution in [0.1, 0.15) is 27.7 Å². The van der Waals surface area contributed by atoms with Crippen molar-refractivity contribution in [1.29, 1.82) is 0 Å². The van der Waals surface area contributed by atoms with Crippen molar-refractivity contribution < 1.29 is 19.1 Å². The topological polar surface area (TPSA) is 52.6 Å². The second-order valence-electron chi connectivity index (χ2n) is 3.53. The van der Waals surface area contributed by atoms with Crippen LogP contribution in [-0.2, 0) is 19.1 Å². The summed E-state index contributed by atoms with van der Waals surface area (Å²) in [6, 6.07) is 0. The Morgan fingerprint density at radius 1 is 0.833 bits per heavy atom. The van der Waals surface area contributed by atoms with Crippen molar-refractivity contribution in [3.8, 4) is 0 Å². The Morgan fingerprint density at radius 2 is 1.17 bits per heavy atom. The highest BCUT2D eigenvalue weighted by Gasteiger charge is 2.02. The summed E-state index contributed by atoms with van der Waals surface area (Å²) in [4.78, 5) is 22.5. The van der Waals surface area contributed by atoms with Crippen LogP contribution in [0, 0.1) is 0 Å². The molecule has 0 aromatic heterocycles. The highest BCUT2D eigenvalue weighted by molar-refractivity contribution is 5.88. The molecular formula is C14H20O4. The second kappa shape index (κ2) is 9.22. The molecule has 0 aliphatic carbocycles. The van der Waals surface area contributed by atoms with Gasteiger partial charge in [0.2, 0.25) is 0 Å². The minimum Gasteiger partial charge on any atom is -0.463 e. The Labute approximate surface area is 108 Å². The molecule has 0 aliphatic rings. The summed E-state index contributed by atoms with van der Waals surface area (Å²) in [5.74, 6) is -0.679. The van der Waals surface area contributed by atoms with E-state index < -0.39 is 0 Å². The third-order valence-corrected chi connectivity index (χ3v) is 2.00. The quantitative estimate of drug-likeness (QED) is 0.414. The predicted octanol–water partition coefficient (Wildman–Crippen LogP) is 2.56. The highest BCUT2D eigenvalue weighted by atomic mass is 16.5. The number of esters is 2. The maximum atomic E-state index is 11.3. The van der Waals surface area contributed by atoms with E-state index in [4.69, 9.17) is 9.47 Å². The molecule has 0 spiro atoms. The number of rotatable bonds is 6. The van der Waals surface area contributed by atoms with Gasteiger partial charge in [-0.3, -0.25) is 0 Å². The largest absolute Gasteiger partial charge is 0.463 e. The van der Waals surface area contributed by atoms with Crippen LogP contribution in [0.5, 0.6) is 0 Å². The van der Waals surface area contributed by atoms with Gasteiger partial charge in [-0.1, -0.05) is 24.3 Å². The lowest BCUT2D eigenvalue weighted by Crippen LogP contribution is -2.04. The third-order valence-electron chi connectivity index (χ3n) is 2.00. The van der Waals surface area contributed by atoms with E-state index in [1.54, 1.807) is 52.0 Å². The van der Waals surface area contributed by atoms with Gasteiger partial charge in [0.25, 0.3) is 0 Å². The number of carbonyl (C=O) groups excluding carboxylic acids is 2. The second-order valence-corrected chi connectivity index (χ2v) is 3.53. The van der Waals surface area contributed by atoms with Crippen molar-refractivity contribution >= 4 is 11.9 Å². The van der Waals surface area contributed by atoms with Gasteiger partial charge >= 0.3 is 11.9 Å². The molecule has 4 nitrogen and oxygen atoms in total. The van der Waals surface area contributed by atoms with E-state index in [1.807, 2.05) is 0 Å². The minimum absolute atomic E-state index is 0.340. The first-order chi connectivity index (χ1) is 8.52. The van der Waals surface area contributed by atoms with Gasteiger partial charge in [-0.2, -0.15) is 0 Å². The lowest BCUT2D eigenvalue weighted by Gasteiger charge is -1.99. The molecule has 0 saturated carbocycles. The molecule has 100 valence electrons.